The van der Waals surface area contributed by atoms with E-state index >= 15 is 0 Å². The second-order valence-corrected chi connectivity index (χ2v) is 8.79. The lowest BCUT2D eigenvalue weighted by molar-refractivity contribution is 0.0610. The van der Waals surface area contributed by atoms with Crippen LogP contribution in [0.3, 0.4) is 0 Å². The quantitative estimate of drug-likeness (QED) is 0.650. The second-order valence-electron chi connectivity index (χ2n) is 7.73. The summed E-state index contributed by atoms with van der Waals surface area (Å²) in [4.78, 5) is 15.7. The van der Waals surface area contributed by atoms with E-state index in [0.717, 1.165) is 42.6 Å². The molecule has 5 nitrogen and oxygen atoms in total. The van der Waals surface area contributed by atoms with E-state index in [1.807, 2.05) is 0 Å². The van der Waals surface area contributed by atoms with E-state index in [4.69, 9.17) is 9.72 Å². The van der Waals surface area contributed by atoms with Crippen LogP contribution in [0.5, 0.6) is 6.01 Å². The normalized spacial score (nSPS) is 23.6. The average molecular weight is 399 g/mol. The highest BCUT2D eigenvalue weighted by atomic mass is 32.1. The van der Waals surface area contributed by atoms with Crippen LogP contribution in [0.25, 0.3) is 21.3 Å². The minimum Gasteiger partial charge on any atom is -0.467 e. The molecule has 0 N–H and O–H groups in total. The highest BCUT2D eigenvalue weighted by Crippen LogP contribution is 2.43. The van der Waals surface area contributed by atoms with Crippen molar-refractivity contribution in [3.8, 4) is 17.1 Å². The summed E-state index contributed by atoms with van der Waals surface area (Å²) in [6, 6.07) is 7.31. The van der Waals surface area contributed by atoms with Gasteiger partial charge in [0.1, 0.15) is 6.17 Å². The van der Waals surface area contributed by atoms with E-state index in [-0.39, 0.29) is 0 Å². The maximum Gasteiger partial charge on any atom is 0.316 e. The van der Waals surface area contributed by atoms with Gasteiger partial charge < -0.3 is 9.64 Å². The number of nitrogens with zero attached hydrogens (tertiary/aromatic N) is 4. The van der Waals surface area contributed by atoms with Gasteiger partial charge in [-0.1, -0.05) is 6.07 Å². The lowest BCUT2D eigenvalue weighted by Crippen LogP contribution is -2.47. The molecular weight excluding hydrogens is 375 g/mol. The third-order valence-corrected chi connectivity index (χ3v) is 7.17. The molecule has 0 spiro atoms. The highest BCUT2D eigenvalue weighted by Gasteiger charge is 2.37. The van der Waals surface area contributed by atoms with Crippen LogP contribution in [-0.2, 0) is 0 Å². The van der Waals surface area contributed by atoms with E-state index in [0.29, 0.717) is 30.8 Å². The number of aromatic nitrogens is 3. The largest absolute Gasteiger partial charge is 0.467 e. The van der Waals surface area contributed by atoms with Crippen LogP contribution in [0, 0.1) is 0 Å². The van der Waals surface area contributed by atoms with Gasteiger partial charge in [-0.05, 0) is 43.4 Å². The predicted molar refractivity (Wildman–Crippen MR) is 109 cm³/mol. The van der Waals surface area contributed by atoms with Gasteiger partial charge in [0.05, 0.1) is 22.3 Å². The van der Waals surface area contributed by atoms with Gasteiger partial charge in [-0.3, -0.25) is 0 Å². The van der Waals surface area contributed by atoms with E-state index in [9.17, 15) is 4.39 Å². The minimum absolute atomic E-state index is 0.375. The van der Waals surface area contributed by atoms with Gasteiger partial charge in [0.15, 0.2) is 0 Å². The fourth-order valence-electron chi connectivity index (χ4n) is 4.19. The van der Waals surface area contributed by atoms with Gasteiger partial charge in [0, 0.05) is 43.0 Å². The van der Waals surface area contributed by atoms with Gasteiger partial charge >= 0.3 is 6.01 Å². The van der Waals surface area contributed by atoms with Crippen molar-refractivity contribution in [2.45, 2.75) is 43.8 Å². The molecule has 7 heteroatoms. The Labute approximate surface area is 167 Å². The first kappa shape index (κ1) is 17.9. The average Bonchev–Trinajstić information content (AvgIpc) is 3.11. The number of hydrogen-bond donors (Lipinski definition) is 0. The van der Waals surface area contributed by atoms with Crippen molar-refractivity contribution in [3.05, 3.63) is 35.6 Å². The molecular formula is C21H23FN4OS. The van der Waals surface area contributed by atoms with Crippen LogP contribution in [-0.4, -0.2) is 52.3 Å². The van der Waals surface area contributed by atoms with Crippen molar-refractivity contribution < 1.29 is 9.13 Å². The van der Waals surface area contributed by atoms with E-state index in [1.165, 1.54) is 9.71 Å². The van der Waals surface area contributed by atoms with Gasteiger partial charge in [-0.25, -0.2) is 19.3 Å². The molecule has 0 radical (unpaired) electrons. The molecule has 2 aromatic heterocycles. The summed E-state index contributed by atoms with van der Waals surface area (Å²) < 4.78 is 19.6. The summed E-state index contributed by atoms with van der Waals surface area (Å²) in [5.74, 6) is 0.540. The molecule has 146 valence electrons. The number of fused-ring (bicyclic) bond motifs is 1. The Balaban J connectivity index is 1.29. The number of benzene rings is 1. The first-order valence-corrected chi connectivity index (χ1v) is 10.7. The second kappa shape index (κ2) is 7.37. The van der Waals surface area contributed by atoms with Gasteiger partial charge in [0.2, 0.25) is 0 Å². The van der Waals surface area contributed by atoms with Crippen molar-refractivity contribution >= 4 is 21.6 Å². The SMILES string of the molecule is COc1ncc(-c2ccc3nc(C4CC(N5CCC(F)CC5)C4)sc3c2)cn1. The molecule has 3 aromatic rings. The molecule has 0 atom stereocenters. The third-order valence-electron chi connectivity index (χ3n) is 5.99. The summed E-state index contributed by atoms with van der Waals surface area (Å²) in [5.41, 5.74) is 3.11. The zero-order valence-corrected chi connectivity index (χ0v) is 16.7. The molecule has 1 aromatic carbocycles. The highest BCUT2D eigenvalue weighted by molar-refractivity contribution is 7.18. The Kier molecular flexibility index (Phi) is 4.72. The molecule has 0 unspecified atom stereocenters. The Morgan fingerprint density at radius 3 is 2.57 bits per heavy atom. The van der Waals surface area contributed by atoms with Crippen molar-refractivity contribution in [2.75, 3.05) is 20.2 Å². The minimum atomic E-state index is -0.596. The van der Waals surface area contributed by atoms with Crippen LogP contribution < -0.4 is 4.74 Å². The van der Waals surface area contributed by atoms with Gasteiger partial charge in [-0.15, -0.1) is 11.3 Å². The molecule has 0 amide bonds. The lowest BCUT2D eigenvalue weighted by Gasteiger charge is -2.44. The third kappa shape index (κ3) is 3.37. The first-order chi connectivity index (χ1) is 13.7. The fourth-order valence-corrected chi connectivity index (χ4v) is 5.32. The van der Waals surface area contributed by atoms with Crippen LogP contribution in [0.15, 0.2) is 30.6 Å². The number of piperidine rings is 1. The Bertz CT molecular complexity index is 962. The maximum atomic E-state index is 13.3. The monoisotopic (exact) mass is 398 g/mol. The predicted octanol–water partition coefficient (Wildman–Crippen LogP) is 4.44. The van der Waals surface area contributed by atoms with Gasteiger partial charge in [-0.2, -0.15) is 0 Å². The summed E-state index contributed by atoms with van der Waals surface area (Å²) >= 11 is 1.79. The molecule has 2 aliphatic rings. The van der Waals surface area contributed by atoms with Gasteiger partial charge in [0.25, 0.3) is 0 Å². The Morgan fingerprint density at radius 1 is 1.11 bits per heavy atom. The zero-order valence-electron chi connectivity index (χ0n) is 15.8. The maximum absolute atomic E-state index is 13.3. The molecule has 3 heterocycles. The molecule has 2 fully saturated rings. The fraction of sp³-hybridized carbons (Fsp3) is 0.476. The molecule has 5 rings (SSSR count). The number of ether oxygens (including phenoxy) is 1. The van der Waals surface area contributed by atoms with Crippen LogP contribution in [0.4, 0.5) is 4.39 Å². The van der Waals surface area contributed by atoms with Crippen molar-refractivity contribution in [1.29, 1.82) is 0 Å². The van der Waals surface area contributed by atoms with E-state index < -0.39 is 6.17 Å². The Hall–Kier alpha value is -2.12. The van der Waals surface area contributed by atoms with Crippen LogP contribution in [0.1, 0.15) is 36.6 Å². The number of thiazole rings is 1. The molecule has 1 aliphatic heterocycles. The van der Waals surface area contributed by atoms with Crippen LogP contribution >= 0.6 is 11.3 Å². The lowest BCUT2D eigenvalue weighted by atomic mass is 9.79. The number of hydrogen-bond acceptors (Lipinski definition) is 6. The molecule has 1 aliphatic carbocycles. The summed E-state index contributed by atoms with van der Waals surface area (Å²) in [6.45, 7) is 1.82. The summed E-state index contributed by atoms with van der Waals surface area (Å²) in [6.07, 6.45) is 6.66. The summed E-state index contributed by atoms with van der Waals surface area (Å²) in [5, 5.41) is 1.23. The smallest absolute Gasteiger partial charge is 0.316 e. The summed E-state index contributed by atoms with van der Waals surface area (Å²) in [7, 11) is 1.56. The van der Waals surface area contributed by atoms with Crippen molar-refractivity contribution in [1.82, 2.24) is 19.9 Å². The number of methoxy groups -OCH3 is 1. The number of alkyl halides is 1. The van der Waals surface area contributed by atoms with E-state index in [2.05, 4.69) is 33.1 Å². The standard InChI is InChI=1S/C21H23FN4OS/c1-27-21-23-11-15(12-24-21)13-2-3-18-19(10-13)28-20(25-18)14-8-17(9-14)26-6-4-16(22)5-7-26/h2-3,10-12,14,16-17H,4-9H2,1H3. The zero-order chi connectivity index (χ0) is 19.1. The topological polar surface area (TPSA) is 51.1 Å². The first-order valence-electron chi connectivity index (χ1n) is 9.84. The Morgan fingerprint density at radius 2 is 1.86 bits per heavy atom. The van der Waals surface area contributed by atoms with Crippen LogP contribution in [0.2, 0.25) is 0 Å². The molecule has 1 saturated carbocycles. The number of likely N-dealkylation sites (tertiary alicyclic amines) is 1. The number of rotatable bonds is 4. The molecule has 0 bridgehead atoms. The molecule has 28 heavy (non-hydrogen) atoms. The van der Waals surface area contributed by atoms with Crippen molar-refractivity contribution in [3.63, 3.8) is 0 Å². The van der Waals surface area contributed by atoms with E-state index in [1.54, 1.807) is 30.8 Å². The number of halogens is 1. The van der Waals surface area contributed by atoms with Crippen molar-refractivity contribution in [2.24, 2.45) is 0 Å². The molecule has 1 saturated heterocycles.